The van der Waals surface area contributed by atoms with Crippen molar-refractivity contribution in [1.29, 1.82) is 0 Å². The topological polar surface area (TPSA) is 29.1 Å². The average Bonchev–Trinajstić information content (AvgIpc) is 2.60. The van der Waals surface area contributed by atoms with Crippen LogP contribution in [0.1, 0.15) is 16.6 Å². The van der Waals surface area contributed by atoms with Crippen LogP contribution in [-0.2, 0) is 0 Å². The van der Waals surface area contributed by atoms with Gasteiger partial charge < -0.3 is 5.32 Å². The summed E-state index contributed by atoms with van der Waals surface area (Å²) in [4.78, 5) is 12.4. The number of amides is 1. The summed E-state index contributed by atoms with van der Waals surface area (Å²) in [6.45, 7) is 2.80. The van der Waals surface area contributed by atoms with Crippen molar-refractivity contribution < 1.29 is 4.79 Å². The molecule has 0 saturated heterocycles. The lowest BCUT2D eigenvalue weighted by Gasteiger charge is -2.08. The summed E-state index contributed by atoms with van der Waals surface area (Å²) in [6.07, 6.45) is 2.04. The number of hydrogen-bond acceptors (Lipinski definition) is 3. The van der Waals surface area contributed by atoms with Crippen LogP contribution in [0.2, 0.25) is 0 Å². The molecule has 5 heteroatoms. The van der Waals surface area contributed by atoms with Crippen molar-refractivity contribution in [3.05, 3.63) is 20.8 Å². The van der Waals surface area contributed by atoms with Crippen molar-refractivity contribution in [3.8, 4) is 0 Å². The predicted molar refractivity (Wildman–Crippen MR) is 67.3 cm³/mol. The van der Waals surface area contributed by atoms with E-state index in [-0.39, 0.29) is 5.91 Å². The summed E-state index contributed by atoms with van der Waals surface area (Å²) < 4.78 is 0.872. The van der Waals surface area contributed by atoms with Crippen molar-refractivity contribution in [2.75, 3.05) is 12.8 Å². The second-order valence-electron chi connectivity index (χ2n) is 2.85. The lowest BCUT2D eigenvalue weighted by molar-refractivity contribution is 0.0957. The summed E-state index contributed by atoms with van der Waals surface area (Å²) in [5.41, 5.74) is 0. The summed E-state index contributed by atoms with van der Waals surface area (Å²) in [6, 6.07) is 1.89. The molecule has 1 heterocycles. The molecule has 0 saturated carbocycles. The summed E-state index contributed by atoms with van der Waals surface area (Å²) >= 11 is 6.53. The average molecular weight is 294 g/mol. The molecule has 78 valence electrons. The molecule has 0 aliphatic rings. The molecule has 0 aliphatic heterocycles. The number of rotatable bonds is 4. The Morgan fingerprint density at radius 1 is 1.79 bits per heavy atom. The SMILES string of the molecule is CSC(C)CNC(=O)c1sccc1Br. The van der Waals surface area contributed by atoms with Gasteiger partial charge in [0.05, 0.1) is 0 Å². The minimum Gasteiger partial charge on any atom is -0.350 e. The van der Waals surface area contributed by atoms with Crippen LogP contribution in [0.4, 0.5) is 0 Å². The van der Waals surface area contributed by atoms with Crippen molar-refractivity contribution >= 4 is 44.9 Å². The number of thiophene rings is 1. The molecule has 1 unspecified atom stereocenters. The standard InChI is InChI=1S/C9H12BrNOS2/c1-6(13-2)5-11-9(12)8-7(10)3-4-14-8/h3-4,6H,5H2,1-2H3,(H,11,12). The third kappa shape index (κ3) is 3.29. The van der Waals surface area contributed by atoms with Gasteiger partial charge in [-0.25, -0.2) is 0 Å². The third-order valence-electron chi connectivity index (χ3n) is 1.78. The van der Waals surface area contributed by atoms with Crippen LogP contribution in [-0.4, -0.2) is 24.0 Å². The van der Waals surface area contributed by atoms with Gasteiger partial charge >= 0.3 is 0 Å². The molecule has 1 rings (SSSR count). The number of carbonyl (C=O) groups is 1. The van der Waals surface area contributed by atoms with Crippen molar-refractivity contribution in [1.82, 2.24) is 5.32 Å². The third-order valence-corrected chi connectivity index (χ3v) is 4.58. The van der Waals surface area contributed by atoms with Crippen LogP contribution in [0.25, 0.3) is 0 Å². The predicted octanol–water partition coefficient (Wildman–Crippen LogP) is 2.99. The Balaban J connectivity index is 2.47. The Kier molecular flexibility index (Phi) is 4.98. The van der Waals surface area contributed by atoms with E-state index in [4.69, 9.17) is 0 Å². The molecule has 14 heavy (non-hydrogen) atoms. The molecule has 1 amide bonds. The van der Waals surface area contributed by atoms with E-state index in [1.165, 1.54) is 11.3 Å². The minimum absolute atomic E-state index is 0.00720. The molecular formula is C9H12BrNOS2. The van der Waals surface area contributed by atoms with E-state index in [2.05, 4.69) is 28.2 Å². The minimum atomic E-state index is 0.00720. The van der Waals surface area contributed by atoms with E-state index in [9.17, 15) is 4.79 Å². The highest BCUT2D eigenvalue weighted by molar-refractivity contribution is 9.10. The Morgan fingerprint density at radius 3 is 3.00 bits per heavy atom. The largest absolute Gasteiger partial charge is 0.350 e. The van der Waals surface area contributed by atoms with E-state index in [0.717, 1.165) is 9.35 Å². The lowest BCUT2D eigenvalue weighted by Crippen LogP contribution is -2.28. The van der Waals surface area contributed by atoms with E-state index < -0.39 is 0 Å². The molecule has 0 fully saturated rings. The van der Waals surface area contributed by atoms with Gasteiger partial charge in [-0.05, 0) is 33.6 Å². The summed E-state index contributed by atoms with van der Waals surface area (Å²) in [7, 11) is 0. The lowest BCUT2D eigenvalue weighted by atomic mass is 10.4. The van der Waals surface area contributed by atoms with Gasteiger partial charge in [0.25, 0.3) is 5.91 Å². The molecule has 0 aliphatic carbocycles. The van der Waals surface area contributed by atoms with Gasteiger partial charge in [0, 0.05) is 16.3 Å². The zero-order valence-electron chi connectivity index (χ0n) is 8.04. The Bertz CT molecular complexity index is 314. The fourth-order valence-electron chi connectivity index (χ4n) is 0.856. The van der Waals surface area contributed by atoms with Crippen molar-refractivity contribution in [2.45, 2.75) is 12.2 Å². The number of halogens is 1. The molecule has 2 nitrogen and oxygen atoms in total. The smallest absolute Gasteiger partial charge is 0.262 e. The highest BCUT2D eigenvalue weighted by atomic mass is 79.9. The van der Waals surface area contributed by atoms with Gasteiger partial charge in [-0.1, -0.05) is 6.92 Å². The Hall–Kier alpha value is -0.000000000000000111. The molecule has 1 aromatic rings. The molecular weight excluding hydrogens is 282 g/mol. The van der Waals surface area contributed by atoms with Crippen LogP contribution in [0.15, 0.2) is 15.9 Å². The molecule has 0 aromatic carbocycles. The van der Waals surface area contributed by atoms with Crippen LogP contribution < -0.4 is 5.32 Å². The van der Waals surface area contributed by atoms with Crippen molar-refractivity contribution in [2.24, 2.45) is 0 Å². The second kappa shape index (κ2) is 5.78. The summed E-state index contributed by atoms with van der Waals surface area (Å²) in [5, 5.41) is 5.25. The van der Waals surface area contributed by atoms with Gasteiger partial charge in [-0.3, -0.25) is 4.79 Å². The van der Waals surface area contributed by atoms with Crippen LogP contribution in [0.3, 0.4) is 0 Å². The molecule has 0 radical (unpaired) electrons. The highest BCUT2D eigenvalue weighted by Gasteiger charge is 2.11. The van der Waals surface area contributed by atoms with Crippen LogP contribution in [0, 0.1) is 0 Å². The number of thioether (sulfide) groups is 1. The first-order chi connectivity index (χ1) is 6.65. The van der Waals surface area contributed by atoms with E-state index >= 15 is 0 Å². The van der Waals surface area contributed by atoms with E-state index in [0.29, 0.717) is 11.8 Å². The first-order valence-electron chi connectivity index (χ1n) is 4.19. The van der Waals surface area contributed by atoms with Gasteiger partial charge in [0.2, 0.25) is 0 Å². The van der Waals surface area contributed by atoms with Crippen LogP contribution >= 0.6 is 39.0 Å². The Labute approximate surface area is 101 Å². The van der Waals surface area contributed by atoms with Gasteiger partial charge in [-0.15, -0.1) is 11.3 Å². The van der Waals surface area contributed by atoms with Gasteiger partial charge in [0.1, 0.15) is 4.88 Å². The maximum Gasteiger partial charge on any atom is 0.262 e. The first kappa shape index (κ1) is 12.1. The van der Waals surface area contributed by atoms with Crippen molar-refractivity contribution in [3.63, 3.8) is 0 Å². The number of carbonyl (C=O) groups excluding carboxylic acids is 1. The highest BCUT2D eigenvalue weighted by Crippen LogP contribution is 2.22. The zero-order valence-corrected chi connectivity index (χ0v) is 11.3. The Morgan fingerprint density at radius 2 is 2.50 bits per heavy atom. The van der Waals surface area contributed by atoms with E-state index in [1.54, 1.807) is 11.8 Å². The fourth-order valence-corrected chi connectivity index (χ4v) is 2.57. The van der Waals surface area contributed by atoms with E-state index in [1.807, 2.05) is 17.7 Å². The second-order valence-corrected chi connectivity index (χ2v) is 5.90. The molecule has 0 spiro atoms. The quantitative estimate of drug-likeness (QED) is 0.925. The van der Waals surface area contributed by atoms with Gasteiger partial charge in [0.15, 0.2) is 0 Å². The number of hydrogen-bond donors (Lipinski definition) is 1. The van der Waals surface area contributed by atoms with Crippen LogP contribution in [0.5, 0.6) is 0 Å². The molecule has 1 N–H and O–H groups in total. The molecule has 0 bridgehead atoms. The summed E-state index contributed by atoms with van der Waals surface area (Å²) in [5.74, 6) is 0.00720. The maximum absolute atomic E-state index is 11.6. The zero-order chi connectivity index (χ0) is 10.6. The number of nitrogens with one attached hydrogen (secondary N) is 1. The normalized spacial score (nSPS) is 12.5. The van der Waals surface area contributed by atoms with Gasteiger partial charge in [-0.2, -0.15) is 11.8 Å². The fraction of sp³-hybridized carbons (Fsp3) is 0.444. The molecule has 1 atom stereocenters. The molecule has 1 aromatic heterocycles. The maximum atomic E-state index is 11.6. The monoisotopic (exact) mass is 293 g/mol. The first-order valence-corrected chi connectivity index (χ1v) is 7.15.